The molecular weight excluding hydrogens is 332 g/mol. The number of benzene rings is 2. The summed E-state index contributed by atoms with van der Waals surface area (Å²) in [4.78, 5) is 23.4. The molecule has 0 saturated heterocycles. The molecular formula is C21H18O5. The second-order valence-electron chi connectivity index (χ2n) is 6.37. The van der Waals surface area contributed by atoms with Gasteiger partial charge in [0.1, 0.15) is 17.9 Å². The third-order valence-corrected chi connectivity index (χ3v) is 4.71. The highest BCUT2D eigenvalue weighted by molar-refractivity contribution is 5.89. The van der Waals surface area contributed by atoms with Crippen LogP contribution in [0.2, 0.25) is 0 Å². The van der Waals surface area contributed by atoms with E-state index in [0.29, 0.717) is 16.9 Å². The summed E-state index contributed by atoms with van der Waals surface area (Å²) in [6.07, 6.45) is 3.22. The molecule has 1 aliphatic rings. The number of hydrogen-bond donors (Lipinski definition) is 0. The van der Waals surface area contributed by atoms with Crippen LogP contribution in [-0.4, -0.2) is 13.1 Å². The van der Waals surface area contributed by atoms with Crippen molar-refractivity contribution in [3.05, 3.63) is 75.1 Å². The molecule has 3 aromatic rings. The molecule has 5 heteroatoms. The molecule has 0 radical (unpaired) electrons. The van der Waals surface area contributed by atoms with Crippen LogP contribution in [0.25, 0.3) is 11.0 Å². The lowest BCUT2D eigenvalue weighted by atomic mass is 10.0. The maximum atomic E-state index is 11.9. The highest BCUT2D eigenvalue weighted by atomic mass is 16.5. The molecule has 0 atom stereocenters. The van der Waals surface area contributed by atoms with Gasteiger partial charge in [0.2, 0.25) is 0 Å². The van der Waals surface area contributed by atoms with E-state index in [1.165, 1.54) is 24.3 Å². The SMILES string of the molecule is COC(=O)c1ccc(OCc2cc(=O)oc3cc4c(cc23)CCC4)cc1. The van der Waals surface area contributed by atoms with Crippen molar-refractivity contribution in [2.24, 2.45) is 0 Å². The van der Waals surface area contributed by atoms with Crippen LogP contribution in [0.15, 0.2) is 51.7 Å². The Bertz CT molecular complexity index is 1030. The summed E-state index contributed by atoms with van der Waals surface area (Å²) in [5.41, 5.74) is 4.06. The Balaban J connectivity index is 1.61. The van der Waals surface area contributed by atoms with Crippen molar-refractivity contribution in [2.75, 3.05) is 7.11 Å². The molecule has 4 rings (SSSR count). The quantitative estimate of drug-likeness (QED) is 0.531. The number of aryl methyl sites for hydroxylation is 2. The summed E-state index contributed by atoms with van der Waals surface area (Å²) < 4.78 is 15.9. The molecule has 0 unspecified atom stereocenters. The van der Waals surface area contributed by atoms with Gasteiger partial charge in [0, 0.05) is 17.0 Å². The first-order chi connectivity index (χ1) is 12.6. The van der Waals surface area contributed by atoms with E-state index in [1.54, 1.807) is 24.3 Å². The van der Waals surface area contributed by atoms with Crippen molar-refractivity contribution < 1.29 is 18.7 Å². The molecule has 1 heterocycles. The van der Waals surface area contributed by atoms with E-state index in [4.69, 9.17) is 9.15 Å². The van der Waals surface area contributed by atoms with Crippen LogP contribution in [0.5, 0.6) is 5.75 Å². The fourth-order valence-electron chi connectivity index (χ4n) is 3.38. The molecule has 2 aromatic carbocycles. The number of carbonyl (C=O) groups excluding carboxylic acids is 1. The first-order valence-electron chi connectivity index (χ1n) is 8.54. The predicted molar refractivity (Wildman–Crippen MR) is 96.6 cm³/mol. The maximum absolute atomic E-state index is 11.9. The Morgan fingerprint density at radius 2 is 1.81 bits per heavy atom. The van der Waals surface area contributed by atoms with Gasteiger partial charge in [-0.1, -0.05) is 0 Å². The highest BCUT2D eigenvalue weighted by Crippen LogP contribution is 2.29. The van der Waals surface area contributed by atoms with Gasteiger partial charge in [-0.3, -0.25) is 0 Å². The lowest BCUT2D eigenvalue weighted by Crippen LogP contribution is -2.05. The summed E-state index contributed by atoms with van der Waals surface area (Å²) >= 11 is 0. The van der Waals surface area contributed by atoms with E-state index in [1.807, 2.05) is 6.07 Å². The normalized spacial score (nSPS) is 12.8. The van der Waals surface area contributed by atoms with Crippen molar-refractivity contribution in [2.45, 2.75) is 25.9 Å². The summed E-state index contributed by atoms with van der Waals surface area (Å²) in [5, 5.41) is 0.913. The number of carbonyl (C=O) groups is 1. The van der Waals surface area contributed by atoms with Crippen LogP contribution < -0.4 is 10.4 Å². The van der Waals surface area contributed by atoms with Gasteiger partial charge in [0.25, 0.3) is 0 Å². The van der Waals surface area contributed by atoms with E-state index in [-0.39, 0.29) is 12.2 Å². The minimum Gasteiger partial charge on any atom is -0.489 e. The number of ether oxygens (including phenoxy) is 2. The fraction of sp³-hybridized carbons (Fsp3) is 0.238. The molecule has 0 amide bonds. The van der Waals surface area contributed by atoms with Gasteiger partial charge in [-0.25, -0.2) is 9.59 Å². The molecule has 5 nitrogen and oxygen atoms in total. The molecule has 0 bridgehead atoms. The molecule has 0 N–H and O–H groups in total. The second kappa shape index (κ2) is 6.67. The minimum atomic E-state index is -0.392. The smallest absolute Gasteiger partial charge is 0.337 e. The number of esters is 1. The zero-order chi connectivity index (χ0) is 18.1. The predicted octanol–water partition coefficient (Wildman–Crippen LogP) is 3.65. The third kappa shape index (κ3) is 3.08. The van der Waals surface area contributed by atoms with Gasteiger partial charge in [-0.05, 0) is 66.8 Å². The second-order valence-corrected chi connectivity index (χ2v) is 6.37. The lowest BCUT2D eigenvalue weighted by Gasteiger charge is -2.10. The zero-order valence-electron chi connectivity index (χ0n) is 14.4. The molecule has 0 fully saturated rings. The molecule has 1 aliphatic carbocycles. The van der Waals surface area contributed by atoms with Crippen LogP contribution in [0, 0.1) is 0 Å². The Morgan fingerprint density at radius 1 is 1.08 bits per heavy atom. The van der Waals surface area contributed by atoms with Crippen LogP contribution in [0.3, 0.4) is 0 Å². The Hall–Kier alpha value is -3.08. The summed E-state index contributed by atoms with van der Waals surface area (Å²) in [6, 6.07) is 12.3. The fourth-order valence-corrected chi connectivity index (χ4v) is 3.38. The van der Waals surface area contributed by atoms with Crippen LogP contribution in [-0.2, 0) is 24.2 Å². The van der Waals surface area contributed by atoms with Gasteiger partial charge in [-0.15, -0.1) is 0 Å². The van der Waals surface area contributed by atoms with E-state index in [9.17, 15) is 9.59 Å². The van der Waals surface area contributed by atoms with Gasteiger partial charge in [0.15, 0.2) is 0 Å². The number of methoxy groups -OCH3 is 1. The monoisotopic (exact) mass is 350 g/mol. The summed E-state index contributed by atoms with van der Waals surface area (Å²) in [5.74, 6) is 0.220. The molecule has 132 valence electrons. The average Bonchev–Trinajstić information content (AvgIpc) is 3.11. The number of fused-ring (bicyclic) bond motifs is 2. The van der Waals surface area contributed by atoms with Crippen LogP contribution in [0.1, 0.15) is 33.5 Å². The molecule has 26 heavy (non-hydrogen) atoms. The Labute approximate surface area is 150 Å². The van der Waals surface area contributed by atoms with E-state index in [0.717, 1.165) is 30.2 Å². The van der Waals surface area contributed by atoms with Gasteiger partial charge >= 0.3 is 11.6 Å². The van der Waals surface area contributed by atoms with E-state index < -0.39 is 5.97 Å². The van der Waals surface area contributed by atoms with Crippen molar-refractivity contribution in [3.63, 3.8) is 0 Å². The van der Waals surface area contributed by atoms with E-state index >= 15 is 0 Å². The van der Waals surface area contributed by atoms with Crippen LogP contribution in [0.4, 0.5) is 0 Å². The third-order valence-electron chi connectivity index (χ3n) is 4.71. The largest absolute Gasteiger partial charge is 0.489 e. The minimum absolute atomic E-state index is 0.248. The lowest BCUT2D eigenvalue weighted by molar-refractivity contribution is 0.0600. The number of hydrogen-bond acceptors (Lipinski definition) is 5. The summed E-state index contributed by atoms with van der Waals surface area (Å²) in [6.45, 7) is 0.248. The molecule has 1 aromatic heterocycles. The average molecular weight is 350 g/mol. The van der Waals surface area contributed by atoms with Crippen molar-refractivity contribution in [3.8, 4) is 5.75 Å². The molecule has 0 aliphatic heterocycles. The highest BCUT2D eigenvalue weighted by Gasteiger charge is 2.15. The molecule has 0 spiro atoms. The van der Waals surface area contributed by atoms with Crippen LogP contribution >= 0.6 is 0 Å². The van der Waals surface area contributed by atoms with Crippen molar-refractivity contribution in [1.82, 2.24) is 0 Å². The van der Waals surface area contributed by atoms with E-state index in [2.05, 4.69) is 10.8 Å². The maximum Gasteiger partial charge on any atom is 0.337 e. The van der Waals surface area contributed by atoms with Crippen molar-refractivity contribution in [1.29, 1.82) is 0 Å². The molecule has 0 saturated carbocycles. The Morgan fingerprint density at radius 3 is 2.54 bits per heavy atom. The van der Waals surface area contributed by atoms with Gasteiger partial charge < -0.3 is 13.9 Å². The zero-order valence-corrected chi connectivity index (χ0v) is 14.4. The first-order valence-corrected chi connectivity index (χ1v) is 8.54. The van der Waals surface area contributed by atoms with Crippen molar-refractivity contribution >= 4 is 16.9 Å². The standard InChI is InChI=1S/C21H18O5/c1-24-21(23)13-5-7-17(8-6-13)25-12-16-11-20(22)26-19-10-15-4-2-3-14(15)9-18(16)19/h5-11H,2-4,12H2,1H3. The van der Waals surface area contributed by atoms with Gasteiger partial charge in [-0.2, -0.15) is 0 Å². The Kier molecular flexibility index (Phi) is 4.21. The van der Waals surface area contributed by atoms with Gasteiger partial charge in [0.05, 0.1) is 12.7 Å². The topological polar surface area (TPSA) is 65.7 Å². The first kappa shape index (κ1) is 16.4. The number of rotatable bonds is 4. The summed E-state index contributed by atoms with van der Waals surface area (Å²) in [7, 11) is 1.34.